The predicted molar refractivity (Wildman–Crippen MR) is 95.8 cm³/mol. The van der Waals surface area contributed by atoms with Crippen LogP contribution in [0.3, 0.4) is 0 Å². The van der Waals surface area contributed by atoms with Gasteiger partial charge in [0, 0.05) is 18.3 Å². The summed E-state index contributed by atoms with van der Waals surface area (Å²) in [6.45, 7) is 0.475. The lowest BCUT2D eigenvalue weighted by Gasteiger charge is -2.24. The second kappa shape index (κ2) is 6.48. The highest BCUT2D eigenvalue weighted by Gasteiger charge is 2.36. The normalized spacial score (nSPS) is 20.2. The molecule has 136 valence electrons. The molecule has 2 heterocycles. The fourth-order valence-electron chi connectivity index (χ4n) is 3.72. The maximum Gasteiger partial charge on any atom is 0.243 e. The summed E-state index contributed by atoms with van der Waals surface area (Å²) >= 11 is 0. The number of benzene rings is 2. The Labute approximate surface area is 151 Å². The lowest BCUT2D eigenvalue weighted by atomic mass is 10.0. The van der Waals surface area contributed by atoms with E-state index < -0.39 is 10.0 Å². The minimum Gasteiger partial charge on any atom is -0.326 e. The number of nitrogens with one attached hydrogen (secondary N) is 1. The van der Waals surface area contributed by atoms with E-state index in [-0.39, 0.29) is 29.1 Å². The van der Waals surface area contributed by atoms with E-state index >= 15 is 0 Å². The van der Waals surface area contributed by atoms with Gasteiger partial charge >= 0.3 is 0 Å². The average molecular weight is 374 g/mol. The zero-order valence-corrected chi connectivity index (χ0v) is 14.9. The van der Waals surface area contributed by atoms with E-state index in [1.807, 2.05) is 0 Å². The molecule has 2 aliphatic heterocycles. The highest BCUT2D eigenvalue weighted by atomic mass is 32.2. The zero-order valence-electron chi connectivity index (χ0n) is 14.1. The van der Waals surface area contributed by atoms with Crippen LogP contribution in [0.2, 0.25) is 0 Å². The molecule has 0 spiro atoms. The van der Waals surface area contributed by atoms with Crippen LogP contribution in [0.5, 0.6) is 0 Å². The molecule has 2 aliphatic rings. The molecule has 26 heavy (non-hydrogen) atoms. The number of nitrogens with zero attached hydrogens (tertiary/aromatic N) is 1. The number of hydrogen-bond acceptors (Lipinski definition) is 3. The minimum absolute atomic E-state index is 0.120. The first-order valence-corrected chi connectivity index (χ1v) is 10.1. The summed E-state index contributed by atoms with van der Waals surface area (Å²) < 4.78 is 40.9. The van der Waals surface area contributed by atoms with Crippen molar-refractivity contribution in [1.82, 2.24) is 4.31 Å². The smallest absolute Gasteiger partial charge is 0.243 e. The van der Waals surface area contributed by atoms with Crippen molar-refractivity contribution in [2.45, 2.75) is 36.6 Å². The Balaban J connectivity index is 1.59. The standard InChI is InChI=1S/C19H19FN2O3S/c20-15-5-3-13(4-6-15)10-16-2-1-9-22(16)26(24,25)17-7-8-18-14(11-17)12-19(23)21-18/h3-8,11,16H,1-2,9-10,12H2,(H,21,23). The van der Waals surface area contributed by atoms with E-state index in [1.165, 1.54) is 12.1 Å². The summed E-state index contributed by atoms with van der Waals surface area (Å²) in [5, 5.41) is 2.71. The maximum atomic E-state index is 13.1. The quantitative estimate of drug-likeness (QED) is 0.895. The molecule has 0 aromatic heterocycles. The van der Waals surface area contributed by atoms with Crippen molar-refractivity contribution in [2.24, 2.45) is 0 Å². The Hall–Kier alpha value is -2.25. The number of hydrogen-bond donors (Lipinski definition) is 1. The highest BCUT2D eigenvalue weighted by Crippen LogP contribution is 2.31. The van der Waals surface area contributed by atoms with Gasteiger partial charge in [0.25, 0.3) is 0 Å². The van der Waals surface area contributed by atoms with Gasteiger partial charge in [-0.2, -0.15) is 4.31 Å². The molecular formula is C19H19FN2O3S. The molecule has 2 aromatic carbocycles. The summed E-state index contributed by atoms with van der Waals surface area (Å²) in [6.07, 6.45) is 2.35. The third kappa shape index (κ3) is 3.12. The lowest BCUT2D eigenvalue weighted by Crippen LogP contribution is -2.36. The number of rotatable bonds is 4. The number of anilines is 1. The summed E-state index contributed by atoms with van der Waals surface area (Å²) in [7, 11) is -3.64. The molecule has 0 bridgehead atoms. The van der Waals surface area contributed by atoms with Crippen LogP contribution in [0.4, 0.5) is 10.1 Å². The number of fused-ring (bicyclic) bond motifs is 1. The molecule has 0 saturated carbocycles. The van der Waals surface area contributed by atoms with Gasteiger partial charge in [0.05, 0.1) is 11.3 Å². The van der Waals surface area contributed by atoms with Crippen LogP contribution in [0.15, 0.2) is 47.4 Å². The molecular weight excluding hydrogens is 355 g/mol. The Morgan fingerprint density at radius 1 is 1.15 bits per heavy atom. The molecule has 1 fully saturated rings. The lowest BCUT2D eigenvalue weighted by molar-refractivity contribution is -0.115. The van der Waals surface area contributed by atoms with Crippen molar-refractivity contribution < 1.29 is 17.6 Å². The van der Waals surface area contributed by atoms with Gasteiger partial charge in [-0.05, 0) is 60.7 Å². The first-order valence-electron chi connectivity index (χ1n) is 8.62. The van der Waals surface area contributed by atoms with Crippen molar-refractivity contribution >= 4 is 21.6 Å². The van der Waals surface area contributed by atoms with Crippen molar-refractivity contribution in [3.63, 3.8) is 0 Å². The number of carbonyl (C=O) groups excluding carboxylic acids is 1. The molecule has 5 nitrogen and oxygen atoms in total. The fraction of sp³-hybridized carbons (Fsp3) is 0.316. The molecule has 1 saturated heterocycles. The van der Waals surface area contributed by atoms with Crippen LogP contribution in [0.25, 0.3) is 0 Å². The largest absolute Gasteiger partial charge is 0.326 e. The summed E-state index contributed by atoms with van der Waals surface area (Å²) in [4.78, 5) is 11.7. The average Bonchev–Trinajstić information content (AvgIpc) is 3.21. The monoisotopic (exact) mass is 374 g/mol. The van der Waals surface area contributed by atoms with Crippen molar-refractivity contribution in [3.8, 4) is 0 Å². The van der Waals surface area contributed by atoms with Gasteiger partial charge < -0.3 is 5.32 Å². The van der Waals surface area contributed by atoms with Gasteiger partial charge in [-0.1, -0.05) is 12.1 Å². The third-order valence-electron chi connectivity index (χ3n) is 5.02. The van der Waals surface area contributed by atoms with Crippen LogP contribution in [0, 0.1) is 5.82 Å². The van der Waals surface area contributed by atoms with E-state index in [0.29, 0.717) is 24.2 Å². The van der Waals surface area contributed by atoms with Gasteiger partial charge in [0.2, 0.25) is 15.9 Å². The van der Waals surface area contributed by atoms with Gasteiger partial charge in [0.1, 0.15) is 5.82 Å². The first kappa shape index (κ1) is 17.2. The minimum atomic E-state index is -3.64. The molecule has 7 heteroatoms. The van der Waals surface area contributed by atoms with Gasteiger partial charge in [-0.15, -0.1) is 0 Å². The van der Waals surface area contributed by atoms with E-state index in [4.69, 9.17) is 0 Å². The molecule has 1 unspecified atom stereocenters. The van der Waals surface area contributed by atoms with Gasteiger partial charge in [0.15, 0.2) is 0 Å². The van der Waals surface area contributed by atoms with Crippen LogP contribution >= 0.6 is 0 Å². The Morgan fingerprint density at radius 3 is 2.69 bits per heavy atom. The highest BCUT2D eigenvalue weighted by molar-refractivity contribution is 7.89. The Morgan fingerprint density at radius 2 is 1.92 bits per heavy atom. The number of halogens is 1. The van der Waals surface area contributed by atoms with E-state index in [0.717, 1.165) is 18.4 Å². The number of sulfonamides is 1. The van der Waals surface area contributed by atoms with E-state index in [2.05, 4.69) is 5.32 Å². The van der Waals surface area contributed by atoms with Crippen LogP contribution < -0.4 is 5.32 Å². The van der Waals surface area contributed by atoms with Crippen molar-refractivity contribution in [1.29, 1.82) is 0 Å². The molecule has 1 N–H and O–H groups in total. The van der Waals surface area contributed by atoms with Crippen molar-refractivity contribution in [3.05, 3.63) is 59.4 Å². The molecule has 1 amide bonds. The summed E-state index contributed by atoms with van der Waals surface area (Å²) in [6, 6.07) is 10.8. The third-order valence-corrected chi connectivity index (χ3v) is 6.96. The van der Waals surface area contributed by atoms with E-state index in [1.54, 1.807) is 34.6 Å². The summed E-state index contributed by atoms with van der Waals surface area (Å²) in [5.41, 5.74) is 2.31. The Kier molecular flexibility index (Phi) is 4.28. The van der Waals surface area contributed by atoms with Gasteiger partial charge in [-0.25, -0.2) is 12.8 Å². The topological polar surface area (TPSA) is 66.5 Å². The van der Waals surface area contributed by atoms with Crippen LogP contribution in [-0.2, 0) is 27.7 Å². The van der Waals surface area contributed by atoms with Crippen LogP contribution in [0.1, 0.15) is 24.0 Å². The molecule has 4 rings (SSSR count). The zero-order chi connectivity index (χ0) is 18.3. The SMILES string of the molecule is O=C1Cc2cc(S(=O)(=O)N3CCCC3Cc3ccc(F)cc3)ccc2N1. The molecule has 0 radical (unpaired) electrons. The number of amides is 1. The van der Waals surface area contributed by atoms with Gasteiger partial charge in [-0.3, -0.25) is 4.79 Å². The van der Waals surface area contributed by atoms with Crippen LogP contribution in [-0.4, -0.2) is 31.2 Å². The summed E-state index contributed by atoms with van der Waals surface area (Å²) in [5.74, 6) is -0.421. The number of carbonyl (C=O) groups is 1. The maximum absolute atomic E-state index is 13.1. The second-order valence-electron chi connectivity index (χ2n) is 6.79. The molecule has 2 aromatic rings. The second-order valence-corrected chi connectivity index (χ2v) is 8.68. The predicted octanol–water partition coefficient (Wildman–Crippen LogP) is 2.72. The molecule has 1 atom stereocenters. The first-order chi connectivity index (χ1) is 12.4. The van der Waals surface area contributed by atoms with Crippen molar-refractivity contribution in [2.75, 3.05) is 11.9 Å². The molecule has 0 aliphatic carbocycles. The van der Waals surface area contributed by atoms with E-state index in [9.17, 15) is 17.6 Å². The fourth-order valence-corrected chi connectivity index (χ4v) is 5.47. The Bertz CT molecular complexity index is 957.